The van der Waals surface area contributed by atoms with Crippen molar-refractivity contribution in [2.24, 2.45) is 0 Å². The Hall–Kier alpha value is -3.76. The predicted molar refractivity (Wildman–Crippen MR) is 128 cm³/mol. The predicted octanol–water partition coefficient (Wildman–Crippen LogP) is 3.92. The molecule has 0 aliphatic rings. The number of aliphatic hydroxyl groups is 2. The summed E-state index contributed by atoms with van der Waals surface area (Å²) in [4.78, 5) is 30.5. The highest BCUT2D eigenvalue weighted by Gasteiger charge is 2.14. The normalized spacial score (nSPS) is 12.0. The first-order valence-electron chi connectivity index (χ1n) is 9.93. The van der Waals surface area contributed by atoms with Gasteiger partial charge in [0.05, 0.1) is 31.2 Å². The lowest BCUT2D eigenvalue weighted by molar-refractivity contribution is 0.0517. The number of aliphatic hydroxyl groups excluding tert-OH is 2. The molecule has 2 atom stereocenters. The summed E-state index contributed by atoms with van der Waals surface area (Å²) in [6, 6.07) is 6.83. The largest absolute Gasteiger partial charge is 0.477 e. The second-order valence-corrected chi connectivity index (χ2v) is 7.04. The third-order valence-corrected chi connectivity index (χ3v) is 4.74. The van der Waals surface area contributed by atoms with E-state index in [9.17, 15) is 19.8 Å². The second kappa shape index (κ2) is 11.9. The first kappa shape index (κ1) is 28.3. The number of ether oxygens (including phenoxy) is 1. The van der Waals surface area contributed by atoms with E-state index in [1.165, 1.54) is 16.8 Å². The van der Waals surface area contributed by atoms with Crippen LogP contribution in [0.15, 0.2) is 49.1 Å². The number of esters is 1. The lowest BCUT2D eigenvalue weighted by Crippen LogP contribution is -2.07. The number of carboxylic acid groups (broad SMARTS) is 1. The number of rotatable bonds is 5. The number of carbonyl (C=O) groups is 2. The maximum absolute atomic E-state index is 11.6. The van der Waals surface area contributed by atoms with E-state index in [0.717, 1.165) is 5.56 Å². The van der Waals surface area contributed by atoms with Crippen LogP contribution in [0, 0.1) is 0 Å². The Morgan fingerprint density at radius 2 is 1.35 bits per heavy atom. The zero-order valence-corrected chi connectivity index (χ0v) is 17.8. The number of aromatic nitrogens is 4. The first-order valence-corrected chi connectivity index (χ1v) is 9.93. The fraction of sp³-hybridized carbons (Fsp3) is 0.333. The number of carbonyl (C=O) groups excluding carboxylic acids is 1. The van der Waals surface area contributed by atoms with Crippen LogP contribution in [-0.4, -0.2) is 52.6 Å². The fourth-order valence-electron chi connectivity index (χ4n) is 3.03. The summed E-state index contributed by atoms with van der Waals surface area (Å²) in [5.74, 6) is -1.42. The van der Waals surface area contributed by atoms with E-state index in [1.807, 2.05) is 0 Å². The van der Waals surface area contributed by atoms with Gasteiger partial charge >= 0.3 is 11.9 Å². The standard InChI is InChI=1S/C12H14N2O3.C10H10N2O3.2CH4/c1-3-17-12(16)10-7-13-11-6-9(8(2)15)4-5-14(10)11;1-6(13)7-2-3-12-8(10(14)15)5-11-9(12)4-7;;/h4-8,15H,3H2,1-2H3;2-6,13H,1H3,(H,14,15);2*1H4. The van der Waals surface area contributed by atoms with Gasteiger partial charge in [-0.05, 0) is 56.2 Å². The quantitative estimate of drug-likeness (QED) is 0.372. The van der Waals surface area contributed by atoms with E-state index < -0.39 is 24.1 Å². The zero-order chi connectivity index (χ0) is 23.4. The van der Waals surface area contributed by atoms with Crippen LogP contribution < -0.4 is 0 Å². The van der Waals surface area contributed by atoms with Crippen LogP contribution >= 0.6 is 0 Å². The minimum Gasteiger partial charge on any atom is -0.477 e. The van der Waals surface area contributed by atoms with Gasteiger partial charge in [0.2, 0.25) is 0 Å². The second-order valence-electron chi connectivity index (χ2n) is 7.04. The summed E-state index contributed by atoms with van der Waals surface area (Å²) in [7, 11) is 0. The molecule has 0 aliphatic heterocycles. The molecule has 0 aliphatic carbocycles. The number of hydrogen-bond acceptors (Lipinski definition) is 7. The molecule has 0 aromatic carbocycles. The molecule has 4 heterocycles. The maximum Gasteiger partial charge on any atom is 0.356 e. The van der Waals surface area contributed by atoms with Crippen molar-refractivity contribution in [2.45, 2.75) is 47.8 Å². The molecule has 0 bridgehead atoms. The number of fused-ring (bicyclic) bond motifs is 2. The van der Waals surface area contributed by atoms with Gasteiger partial charge in [0.25, 0.3) is 0 Å². The van der Waals surface area contributed by atoms with E-state index in [4.69, 9.17) is 9.84 Å². The minimum atomic E-state index is -1.02. The Morgan fingerprint density at radius 3 is 1.76 bits per heavy atom. The molecule has 10 heteroatoms. The van der Waals surface area contributed by atoms with Crippen LogP contribution in [0.1, 0.15) is 79.9 Å². The van der Waals surface area contributed by atoms with Crippen LogP contribution in [0.5, 0.6) is 0 Å². The summed E-state index contributed by atoms with van der Waals surface area (Å²) < 4.78 is 8.03. The van der Waals surface area contributed by atoms with Crippen molar-refractivity contribution < 1.29 is 29.6 Å². The van der Waals surface area contributed by atoms with Crippen molar-refractivity contribution in [1.29, 1.82) is 0 Å². The van der Waals surface area contributed by atoms with E-state index in [2.05, 4.69) is 9.97 Å². The first-order chi connectivity index (χ1) is 15.2. The van der Waals surface area contributed by atoms with Crippen molar-refractivity contribution in [2.75, 3.05) is 6.61 Å². The molecular formula is C24H32N4O6. The Balaban J connectivity index is 0.000000323. The Labute approximate surface area is 198 Å². The molecule has 2 unspecified atom stereocenters. The number of aromatic carboxylic acids is 1. The number of carboxylic acids is 1. The average Bonchev–Trinajstić information content (AvgIpc) is 3.37. The van der Waals surface area contributed by atoms with Crippen LogP contribution in [0.2, 0.25) is 0 Å². The third-order valence-electron chi connectivity index (χ3n) is 4.74. The van der Waals surface area contributed by atoms with Gasteiger partial charge in [-0.1, -0.05) is 14.9 Å². The molecule has 0 saturated carbocycles. The van der Waals surface area contributed by atoms with E-state index in [0.29, 0.717) is 29.2 Å². The number of nitrogens with zero attached hydrogens (tertiary/aromatic N) is 4. The molecule has 0 saturated heterocycles. The molecule has 4 aromatic rings. The van der Waals surface area contributed by atoms with E-state index in [1.54, 1.807) is 61.8 Å². The average molecular weight is 473 g/mol. The van der Waals surface area contributed by atoms with Crippen molar-refractivity contribution in [3.05, 3.63) is 71.6 Å². The van der Waals surface area contributed by atoms with Crippen molar-refractivity contribution in [3.8, 4) is 0 Å². The van der Waals surface area contributed by atoms with Gasteiger partial charge in [0, 0.05) is 12.4 Å². The van der Waals surface area contributed by atoms with E-state index in [-0.39, 0.29) is 20.5 Å². The molecule has 0 amide bonds. The van der Waals surface area contributed by atoms with Gasteiger partial charge in [0.15, 0.2) is 11.4 Å². The van der Waals surface area contributed by atoms with Crippen LogP contribution in [0.4, 0.5) is 0 Å². The molecule has 0 radical (unpaired) electrons. The maximum atomic E-state index is 11.6. The zero-order valence-electron chi connectivity index (χ0n) is 17.8. The molecular weight excluding hydrogens is 440 g/mol. The molecule has 34 heavy (non-hydrogen) atoms. The van der Waals surface area contributed by atoms with Gasteiger partial charge < -0.3 is 20.1 Å². The van der Waals surface area contributed by atoms with Gasteiger partial charge in [-0.3, -0.25) is 8.80 Å². The third kappa shape index (κ3) is 5.97. The smallest absolute Gasteiger partial charge is 0.356 e. The highest BCUT2D eigenvalue weighted by Crippen LogP contribution is 2.16. The Bertz CT molecular complexity index is 1260. The highest BCUT2D eigenvalue weighted by molar-refractivity contribution is 5.88. The van der Waals surface area contributed by atoms with Gasteiger partial charge in [-0.2, -0.15) is 0 Å². The molecule has 0 spiro atoms. The SMILES string of the molecule is C.C.CC(O)c1ccn2c(C(=O)O)cnc2c1.CCOC(=O)c1cnc2cc(C(C)O)ccn12. The van der Waals surface area contributed by atoms with Crippen LogP contribution in [0.3, 0.4) is 0 Å². The summed E-state index contributed by atoms with van der Waals surface area (Å²) in [5, 5.41) is 27.6. The van der Waals surface area contributed by atoms with Crippen molar-refractivity contribution in [3.63, 3.8) is 0 Å². The summed E-state index contributed by atoms with van der Waals surface area (Å²) in [6.07, 6.45) is 4.93. The molecule has 4 rings (SSSR count). The van der Waals surface area contributed by atoms with Crippen molar-refractivity contribution >= 4 is 23.2 Å². The Morgan fingerprint density at radius 1 is 0.912 bits per heavy atom. The highest BCUT2D eigenvalue weighted by atomic mass is 16.5. The number of pyridine rings is 2. The summed E-state index contributed by atoms with van der Waals surface area (Å²) >= 11 is 0. The number of hydrogen-bond donors (Lipinski definition) is 3. The van der Waals surface area contributed by atoms with E-state index >= 15 is 0 Å². The molecule has 184 valence electrons. The lowest BCUT2D eigenvalue weighted by Gasteiger charge is -2.05. The Kier molecular flexibility index (Phi) is 9.91. The van der Waals surface area contributed by atoms with Crippen LogP contribution in [0.25, 0.3) is 11.3 Å². The monoisotopic (exact) mass is 472 g/mol. The molecule has 4 aromatic heterocycles. The fourth-order valence-corrected chi connectivity index (χ4v) is 3.03. The number of imidazole rings is 2. The molecule has 0 fully saturated rings. The summed E-state index contributed by atoms with van der Waals surface area (Å²) in [6.45, 7) is 5.42. The van der Waals surface area contributed by atoms with Gasteiger partial charge in [-0.25, -0.2) is 19.6 Å². The van der Waals surface area contributed by atoms with Crippen molar-refractivity contribution in [1.82, 2.24) is 18.8 Å². The topological polar surface area (TPSA) is 139 Å². The molecule has 10 nitrogen and oxygen atoms in total. The van der Waals surface area contributed by atoms with Gasteiger partial charge in [-0.15, -0.1) is 0 Å². The van der Waals surface area contributed by atoms with Crippen LogP contribution in [-0.2, 0) is 4.74 Å². The van der Waals surface area contributed by atoms with Gasteiger partial charge in [0.1, 0.15) is 11.3 Å². The summed E-state index contributed by atoms with van der Waals surface area (Å²) in [5.41, 5.74) is 3.11. The minimum absolute atomic E-state index is 0. The molecule has 3 N–H and O–H groups in total. The lowest BCUT2D eigenvalue weighted by atomic mass is 10.2.